The molecule has 2 amide bonds. The molecular formula is C19H25N3O3. The Morgan fingerprint density at radius 2 is 2.04 bits per heavy atom. The number of likely N-dealkylation sites (tertiary alicyclic amines) is 2. The van der Waals surface area contributed by atoms with E-state index < -0.39 is 0 Å². The third-order valence-electron chi connectivity index (χ3n) is 5.94. The minimum atomic E-state index is 0.0439. The molecule has 0 aromatic carbocycles. The number of rotatable bonds is 3. The van der Waals surface area contributed by atoms with Gasteiger partial charge in [-0.25, -0.2) is 0 Å². The van der Waals surface area contributed by atoms with Crippen molar-refractivity contribution in [2.45, 2.75) is 32.2 Å². The van der Waals surface area contributed by atoms with Crippen molar-refractivity contribution < 1.29 is 14.3 Å². The van der Waals surface area contributed by atoms with Crippen LogP contribution in [0.15, 0.2) is 24.5 Å². The molecule has 134 valence electrons. The molecule has 0 unspecified atom stereocenters. The zero-order valence-electron chi connectivity index (χ0n) is 14.5. The first kappa shape index (κ1) is 16.5. The van der Waals surface area contributed by atoms with Crippen molar-refractivity contribution in [2.75, 3.05) is 32.8 Å². The molecule has 3 aliphatic rings. The highest BCUT2D eigenvalue weighted by molar-refractivity contribution is 5.80. The molecule has 1 spiro atoms. The summed E-state index contributed by atoms with van der Waals surface area (Å²) in [5.74, 6) is 0.522. The van der Waals surface area contributed by atoms with Crippen molar-refractivity contribution in [3.8, 4) is 0 Å². The normalized spacial score (nSPS) is 25.8. The average molecular weight is 343 g/mol. The van der Waals surface area contributed by atoms with Gasteiger partial charge in [0.15, 0.2) is 0 Å². The summed E-state index contributed by atoms with van der Waals surface area (Å²) in [6.07, 6.45) is 6.84. The van der Waals surface area contributed by atoms with Crippen LogP contribution in [-0.2, 0) is 20.9 Å². The van der Waals surface area contributed by atoms with Gasteiger partial charge in [0.2, 0.25) is 11.8 Å². The summed E-state index contributed by atoms with van der Waals surface area (Å²) >= 11 is 0. The number of nitrogens with zero attached hydrogens (tertiary/aromatic N) is 3. The zero-order chi connectivity index (χ0) is 17.3. The topological polar surface area (TPSA) is 62.7 Å². The summed E-state index contributed by atoms with van der Waals surface area (Å²) in [7, 11) is 0. The SMILES string of the molecule is O=C1CC2(CCN(C(=O)[C@H]3CCOC3)CC2)CN1Cc1ccncc1. The number of ether oxygens (including phenoxy) is 1. The highest BCUT2D eigenvalue weighted by atomic mass is 16.5. The lowest BCUT2D eigenvalue weighted by atomic mass is 9.77. The van der Waals surface area contributed by atoms with Crippen molar-refractivity contribution in [3.63, 3.8) is 0 Å². The molecular weight excluding hydrogens is 318 g/mol. The quantitative estimate of drug-likeness (QED) is 0.834. The number of amides is 2. The molecule has 1 atom stereocenters. The molecule has 0 aliphatic carbocycles. The first-order valence-electron chi connectivity index (χ1n) is 9.18. The predicted octanol–water partition coefficient (Wildman–Crippen LogP) is 1.46. The first-order chi connectivity index (χ1) is 12.2. The fourth-order valence-electron chi connectivity index (χ4n) is 4.36. The third kappa shape index (κ3) is 3.40. The molecule has 3 aliphatic heterocycles. The number of hydrogen-bond donors (Lipinski definition) is 0. The van der Waals surface area contributed by atoms with E-state index in [1.54, 1.807) is 12.4 Å². The number of aromatic nitrogens is 1. The summed E-state index contributed by atoms with van der Waals surface area (Å²) in [5, 5.41) is 0. The van der Waals surface area contributed by atoms with Gasteiger partial charge in [0.25, 0.3) is 0 Å². The summed E-state index contributed by atoms with van der Waals surface area (Å²) in [4.78, 5) is 33.0. The van der Waals surface area contributed by atoms with Crippen LogP contribution >= 0.6 is 0 Å². The van der Waals surface area contributed by atoms with Crippen molar-refractivity contribution >= 4 is 11.8 Å². The zero-order valence-corrected chi connectivity index (χ0v) is 14.5. The van der Waals surface area contributed by atoms with Gasteiger partial charge in [-0.1, -0.05) is 0 Å². The van der Waals surface area contributed by atoms with Crippen LogP contribution in [0.5, 0.6) is 0 Å². The second-order valence-corrected chi connectivity index (χ2v) is 7.67. The Bertz CT molecular complexity index is 635. The average Bonchev–Trinajstić information content (AvgIpc) is 3.25. The van der Waals surface area contributed by atoms with E-state index in [4.69, 9.17) is 4.74 Å². The molecule has 4 heterocycles. The Hall–Kier alpha value is -1.95. The molecule has 1 aromatic heterocycles. The molecule has 6 nitrogen and oxygen atoms in total. The molecule has 1 aromatic rings. The van der Waals surface area contributed by atoms with Gasteiger partial charge in [-0.05, 0) is 37.0 Å². The van der Waals surface area contributed by atoms with Crippen LogP contribution in [0.2, 0.25) is 0 Å². The minimum Gasteiger partial charge on any atom is -0.381 e. The highest BCUT2D eigenvalue weighted by Crippen LogP contribution is 2.41. The fourth-order valence-corrected chi connectivity index (χ4v) is 4.36. The Kier molecular flexibility index (Phi) is 4.46. The van der Waals surface area contributed by atoms with Crippen molar-refractivity contribution in [2.24, 2.45) is 11.3 Å². The molecule has 3 fully saturated rings. The summed E-state index contributed by atoms with van der Waals surface area (Å²) in [5.41, 5.74) is 1.17. The van der Waals surface area contributed by atoms with Crippen molar-refractivity contribution in [3.05, 3.63) is 30.1 Å². The van der Waals surface area contributed by atoms with E-state index in [0.717, 1.165) is 44.5 Å². The summed E-state index contributed by atoms with van der Waals surface area (Å²) < 4.78 is 5.34. The van der Waals surface area contributed by atoms with Crippen molar-refractivity contribution in [1.29, 1.82) is 0 Å². The van der Waals surface area contributed by atoms with Gasteiger partial charge in [0, 0.05) is 57.0 Å². The minimum absolute atomic E-state index is 0.0439. The Morgan fingerprint density at radius 1 is 1.28 bits per heavy atom. The number of piperidine rings is 1. The Morgan fingerprint density at radius 3 is 2.72 bits per heavy atom. The van der Waals surface area contributed by atoms with Crippen molar-refractivity contribution in [1.82, 2.24) is 14.8 Å². The van der Waals surface area contributed by atoms with E-state index in [0.29, 0.717) is 26.2 Å². The van der Waals surface area contributed by atoms with Crippen LogP contribution in [-0.4, -0.2) is 59.4 Å². The van der Waals surface area contributed by atoms with E-state index >= 15 is 0 Å². The van der Waals surface area contributed by atoms with Gasteiger partial charge < -0.3 is 14.5 Å². The maximum Gasteiger partial charge on any atom is 0.228 e. The lowest BCUT2D eigenvalue weighted by Gasteiger charge is -2.39. The number of carbonyl (C=O) groups is 2. The maximum absolute atomic E-state index is 12.5. The van der Waals surface area contributed by atoms with Crippen LogP contribution in [0, 0.1) is 11.3 Å². The second-order valence-electron chi connectivity index (χ2n) is 7.67. The number of carbonyl (C=O) groups excluding carboxylic acids is 2. The highest BCUT2D eigenvalue weighted by Gasteiger charge is 2.45. The van der Waals surface area contributed by atoms with Crippen LogP contribution in [0.1, 0.15) is 31.2 Å². The monoisotopic (exact) mass is 343 g/mol. The largest absolute Gasteiger partial charge is 0.381 e. The molecule has 0 radical (unpaired) electrons. The second kappa shape index (κ2) is 6.75. The number of pyridine rings is 1. The Labute approximate surface area is 148 Å². The molecule has 0 bridgehead atoms. The number of hydrogen-bond acceptors (Lipinski definition) is 4. The molecule has 4 rings (SSSR count). The molecule has 3 saturated heterocycles. The summed E-state index contributed by atoms with van der Waals surface area (Å²) in [6.45, 7) is 4.27. The standard InChI is InChI=1S/C19H25N3O3/c23-17-11-19(14-22(17)12-15-1-6-20-7-2-15)4-8-21(9-5-19)18(24)16-3-10-25-13-16/h1-2,6-7,16H,3-5,8-14H2/t16-/m0/s1. The Balaban J connectivity index is 1.35. The molecule has 25 heavy (non-hydrogen) atoms. The smallest absolute Gasteiger partial charge is 0.228 e. The van der Waals surface area contributed by atoms with E-state index in [-0.39, 0.29) is 23.1 Å². The lowest BCUT2D eigenvalue weighted by molar-refractivity contribution is -0.137. The summed E-state index contributed by atoms with van der Waals surface area (Å²) in [6, 6.07) is 3.92. The first-order valence-corrected chi connectivity index (χ1v) is 9.18. The molecule has 6 heteroatoms. The van der Waals surface area contributed by atoms with E-state index in [1.807, 2.05) is 21.9 Å². The van der Waals surface area contributed by atoms with Gasteiger partial charge in [-0.3, -0.25) is 14.6 Å². The van der Waals surface area contributed by atoms with Gasteiger partial charge >= 0.3 is 0 Å². The van der Waals surface area contributed by atoms with Gasteiger partial charge in [-0.2, -0.15) is 0 Å². The van der Waals surface area contributed by atoms with Crippen LogP contribution < -0.4 is 0 Å². The van der Waals surface area contributed by atoms with Crippen LogP contribution in [0.25, 0.3) is 0 Å². The van der Waals surface area contributed by atoms with Gasteiger partial charge in [0.1, 0.15) is 0 Å². The fraction of sp³-hybridized carbons (Fsp3) is 0.632. The third-order valence-corrected chi connectivity index (χ3v) is 5.94. The maximum atomic E-state index is 12.5. The lowest BCUT2D eigenvalue weighted by Crippen LogP contribution is -2.46. The van der Waals surface area contributed by atoms with E-state index in [9.17, 15) is 9.59 Å². The predicted molar refractivity (Wildman–Crippen MR) is 91.4 cm³/mol. The van der Waals surface area contributed by atoms with E-state index in [2.05, 4.69) is 4.98 Å². The van der Waals surface area contributed by atoms with Gasteiger partial charge in [-0.15, -0.1) is 0 Å². The van der Waals surface area contributed by atoms with Gasteiger partial charge in [0.05, 0.1) is 12.5 Å². The van der Waals surface area contributed by atoms with E-state index in [1.165, 1.54) is 0 Å². The molecule has 0 N–H and O–H groups in total. The van der Waals surface area contributed by atoms with Crippen LogP contribution in [0.3, 0.4) is 0 Å². The molecule has 0 saturated carbocycles. The van der Waals surface area contributed by atoms with Crippen LogP contribution in [0.4, 0.5) is 0 Å².